The number of nitrogens with zero attached hydrogens (tertiary/aromatic N) is 1. The lowest BCUT2D eigenvalue weighted by atomic mass is 10.3. The minimum Gasteiger partial charge on any atom is -0.388 e. The van der Waals surface area contributed by atoms with Crippen LogP contribution in [0.25, 0.3) is 0 Å². The molecule has 0 aliphatic heterocycles. The number of nitrogens with one attached hydrogen (secondary N) is 1. The molecule has 0 amide bonds. The number of thiophene rings is 1. The highest BCUT2D eigenvalue weighted by atomic mass is 32.1. The molecule has 2 aromatic heterocycles. The van der Waals surface area contributed by atoms with Gasteiger partial charge in [0.2, 0.25) is 0 Å². The summed E-state index contributed by atoms with van der Waals surface area (Å²) in [6.07, 6.45) is 1.70. The number of rotatable bonds is 4. The minimum atomic E-state index is 0.319. The standard InChI is InChI=1S/C11H11N3S2/c12-11(15)10-6-8(3-4-13-10)14-7-9-2-1-5-16-9/h1-6H,7H2,(H2,12,15)(H,13,14). The van der Waals surface area contributed by atoms with Crippen LogP contribution in [-0.4, -0.2) is 9.97 Å². The predicted molar refractivity (Wildman–Crippen MR) is 71.8 cm³/mol. The molecule has 0 radical (unpaired) electrons. The molecule has 2 rings (SSSR count). The summed E-state index contributed by atoms with van der Waals surface area (Å²) in [6, 6.07) is 7.88. The van der Waals surface area contributed by atoms with E-state index in [2.05, 4.69) is 21.7 Å². The smallest absolute Gasteiger partial charge is 0.122 e. The van der Waals surface area contributed by atoms with E-state index in [0.717, 1.165) is 12.2 Å². The Morgan fingerprint density at radius 3 is 3.06 bits per heavy atom. The third kappa shape index (κ3) is 2.77. The number of nitrogens with two attached hydrogens (primary N) is 1. The summed E-state index contributed by atoms with van der Waals surface area (Å²) in [5, 5.41) is 5.36. The average molecular weight is 249 g/mol. The Kier molecular flexibility index (Phi) is 3.48. The Hall–Kier alpha value is -1.46. The minimum absolute atomic E-state index is 0.319. The molecule has 3 N–H and O–H groups in total. The number of aromatic nitrogens is 1. The molecule has 0 aliphatic rings. The third-order valence-electron chi connectivity index (χ3n) is 2.06. The van der Waals surface area contributed by atoms with E-state index in [-0.39, 0.29) is 0 Å². The van der Waals surface area contributed by atoms with Gasteiger partial charge in [0, 0.05) is 23.3 Å². The highest BCUT2D eigenvalue weighted by Crippen LogP contribution is 2.13. The van der Waals surface area contributed by atoms with Crippen molar-refractivity contribution < 1.29 is 0 Å². The van der Waals surface area contributed by atoms with Gasteiger partial charge in [0.05, 0.1) is 5.69 Å². The van der Waals surface area contributed by atoms with E-state index < -0.39 is 0 Å². The topological polar surface area (TPSA) is 50.9 Å². The second kappa shape index (κ2) is 5.05. The van der Waals surface area contributed by atoms with Crippen LogP contribution in [0.4, 0.5) is 5.69 Å². The summed E-state index contributed by atoms with van der Waals surface area (Å²) in [5.41, 5.74) is 7.14. The van der Waals surface area contributed by atoms with Crippen molar-refractivity contribution in [2.24, 2.45) is 5.73 Å². The number of thiocarbonyl (C=S) groups is 1. The molecule has 5 heteroatoms. The first-order chi connectivity index (χ1) is 7.75. The van der Waals surface area contributed by atoms with Gasteiger partial charge in [0.15, 0.2) is 0 Å². The number of hydrogen-bond donors (Lipinski definition) is 2. The summed E-state index contributed by atoms with van der Waals surface area (Å²) in [6.45, 7) is 0.804. The largest absolute Gasteiger partial charge is 0.388 e. The molecular formula is C11H11N3S2. The molecule has 82 valence electrons. The first-order valence-electron chi connectivity index (χ1n) is 4.78. The third-order valence-corrected chi connectivity index (χ3v) is 3.14. The molecule has 2 heterocycles. The highest BCUT2D eigenvalue weighted by molar-refractivity contribution is 7.80. The van der Waals surface area contributed by atoms with Crippen molar-refractivity contribution in [2.45, 2.75) is 6.54 Å². The highest BCUT2D eigenvalue weighted by Gasteiger charge is 2.00. The van der Waals surface area contributed by atoms with Crippen LogP contribution in [-0.2, 0) is 6.54 Å². The molecule has 0 atom stereocenters. The van der Waals surface area contributed by atoms with Crippen molar-refractivity contribution in [3.05, 3.63) is 46.4 Å². The van der Waals surface area contributed by atoms with Crippen molar-refractivity contribution in [1.82, 2.24) is 4.98 Å². The molecule has 0 saturated carbocycles. The Morgan fingerprint density at radius 1 is 1.50 bits per heavy atom. The van der Waals surface area contributed by atoms with Crippen LogP contribution in [0.5, 0.6) is 0 Å². The van der Waals surface area contributed by atoms with Crippen molar-refractivity contribution in [1.29, 1.82) is 0 Å². The maximum Gasteiger partial charge on any atom is 0.122 e. The van der Waals surface area contributed by atoms with Gasteiger partial charge in [-0.1, -0.05) is 18.3 Å². The Labute approximate surface area is 103 Å². The summed E-state index contributed by atoms with van der Waals surface area (Å²) >= 11 is 6.60. The quantitative estimate of drug-likeness (QED) is 0.817. The van der Waals surface area contributed by atoms with Crippen LogP contribution < -0.4 is 11.1 Å². The van der Waals surface area contributed by atoms with Crippen LogP contribution in [0.1, 0.15) is 10.6 Å². The van der Waals surface area contributed by atoms with Crippen molar-refractivity contribution in [3.63, 3.8) is 0 Å². The molecule has 3 nitrogen and oxygen atoms in total. The maximum absolute atomic E-state index is 5.52. The molecule has 0 aromatic carbocycles. The molecule has 0 spiro atoms. The SMILES string of the molecule is NC(=S)c1cc(NCc2cccs2)ccn1. The van der Waals surface area contributed by atoms with Gasteiger partial charge in [-0.05, 0) is 23.6 Å². The monoisotopic (exact) mass is 249 g/mol. The second-order valence-electron chi connectivity index (χ2n) is 3.23. The van der Waals surface area contributed by atoms with E-state index in [1.54, 1.807) is 17.5 Å². The van der Waals surface area contributed by atoms with Gasteiger partial charge >= 0.3 is 0 Å². The lowest BCUT2D eigenvalue weighted by Crippen LogP contribution is -2.11. The lowest BCUT2D eigenvalue weighted by Gasteiger charge is -2.05. The zero-order chi connectivity index (χ0) is 11.4. The van der Waals surface area contributed by atoms with Gasteiger partial charge in [0.1, 0.15) is 4.99 Å². The van der Waals surface area contributed by atoms with Gasteiger partial charge in [-0.3, -0.25) is 4.98 Å². The second-order valence-corrected chi connectivity index (χ2v) is 4.70. The molecule has 16 heavy (non-hydrogen) atoms. The van der Waals surface area contributed by atoms with Gasteiger partial charge in [-0.25, -0.2) is 0 Å². The van der Waals surface area contributed by atoms with Gasteiger partial charge in [-0.15, -0.1) is 11.3 Å². The zero-order valence-corrected chi connectivity index (χ0v) is 10.1. The van der Waals surface area contributed by atoms with Crippen molar-refractivity contribution in [2.75, 3.05) is 5.32 Å². The van der Waals surface area contributed by atoms with Gasteiger partial charge in [-0.2, -0.15) is 0 Å². The van der Waals surface area contributed by atoms with E-state index in [1.165, 1.54) is 4.88 Å². The fraction of sp³-hybridized carbons (Fsp3) is 0.0909. The number of pyridine rings is 1. The predicted octanol–water partition coefficient (Wildman–Crippen LogP) is 2.39. The van der Waals surface area contributed by atoms with Crippen LogP contribution in [0, 0.1) is 0 Å². The summed E-state index contributed by atoms with van der Waals surface area (Å²) < 4.78 is 0. The Balaban J connectivity index is 2.04. The average Bonchev–Trinajstić information content (AvgIpc) is 2.79. The van der Waals surface area contributed by atoms with Crippen LogP contribution in [0.2, 0.25) is 0 Å². The maximum atomic E-state index is 5.52. The molecule has 0 bridgehead atoms. The van der Waals surface area contributed by atoms with Gasteiger partial charge in [0.25, 0.3) is 0 Å². The summed E-state index contributed by atoms with van der Waals surface area (Å²) in [7, 11) is 0. The van der Waals surface area contributed by atoms with Gasteiger partial charge < -0.3 is 11.1 Å². The molecule has 0 unspecified atom stereocenters. The Morgan fingerprint density at radius 2 is 2.38 bits per heavy atom. The lowest BCUT2D eigenvalue weighted by molar-refractivity contribution is 1.18. The first kappa shape index (κ1) is 11.0. The van der Waals surface area contributed by atoms with E-state index in [0.29, 0.717) is 10.7 Å². The zero-order valence-electron chi connectivity index (χ0n) is 8.51. The van der Waals surface area contributed by atoms with E-state index in [9.17, 15) is 0 Å². The molecule has 0 aliphatic carbocycles. The molecule has 0 saturated heterocycles. The number of hydrogen-bond acceptors (Lipinski definition) is 4. The van der Waals surface area contributed by atoms with Crippen LogP contribution in [0.3, 0.4) is 0 Å². The fourth-order valence-corrected chi connectivity index (χ4v) is 2.03. The molecule has 2 aromatic rings. The first-order valence-corrected chi connectivity index (χ1v) is 6.06. The fourth-order valence-electron chi connectivity index (χ4n) is 1.28. The Bertz CT molecular complexity index is 480. The summed E-state index contributed by atoms with van der Waals surface area (Å²) in [4.78, 5) is 5.69. The number of anilines is 1. The molecule has 0 fully saturated rings. The van der Waals surface area contributed by atoms with E-state index >= 15 is 0 Å². The summed E-state index contributed by atoms with van der Waals surface area (Å²) in [5.74, 6) is 0. The van der Waals surface area contributed by atoms with Crippen molar-refractivity contribution in [3.8, 4) is 0 Å². The van der Waals surface area contributed by atoms with E-state index in [1.807, 2.05) is 18.2 Å². The molecular weight excluding hydrogens is 238 g/mol. The normalized spacial score (nSPS) is 10.0. The van der Waals surface area contributed by atoms with Crippen LogP contribution >= 0.6 is 23.6 Å². The van der Waals surface area contributed by atoms with Crippen LogP contribution in [0.15, 0.2) is 35.8 Å². The van der Waals surface area contributed by atoms with Crippen molar-refractivity contribution >= 4 is 34.2 Å². The van der Waals surface area contributed by atoms with E-state index in [4.69, 9.17) is 18.0 Å².